The molecule has 42 heavy (non-hydrogen) atoms. The van der Waals surface area contributed by atoms with Crippen LogP contribution in [0.4, 0.5) is 0 Å². The first-order chi connectivity index (χ1) is 19.7. The van der Waals surface area contributed by atoms with Crippen LogP contribution in [-0.4, -0.2) is 109 Å². The SMILES string of the molecule is CC(C/C=C/C(C)[C@H]1C[C@@H](O)C2[C@]3(O)C[C@H](O)C4[C@@H](O)[C@@H](O)CC[C@]4(C)C3CC[C@@]21C)COC1OC(CO)C(O)C1O. The Bertz CT molecular complexity index is 979. The van der Waals surface area contributed by atoms with Gasteiger partial charge in [0.2, 0.25) is 0 Å². The van der Waals surface area contributed by atoms with Crippen LogP contribution in [0.5, 0.6) is 0 Å². The highest BCUT2D eigenvalue weighted by Gasteiger charge is 2.71. The van der Waals surface area contributed by atoms with Gasteiger partial charge in [0.15, 0.2) is 6.29 Å². The molecule has 10 nitrogen and oxygen atoms in total. The number of allylic oxidation sites excluding steroid dienone is 2. The van der Waals surface area contributed by atoms with E-state index in [1.807, 2.05) is 6.92 Å². The molecule has 5 rings (SSSR count). The van der Waals surface area contributed by atoms with E-state index in [1.165, 1.54) is 0 Å². The number of hydrogen-bond donors (Lipinski definition) is 8. The van der Waals surface area contributed by atoms with Crippen LogP contribution >= 0.6 is 0 Å². The number of hydrogen-bond acceptors (Lipinski definition) is 10. The molecule has 5 fully saturated rings. The maximum atomic E-state index is 12.4. The van der Waals surface area contributed by atoms with Gasteiger partial charge in [-0.25, -0.2) is 0 Å². The third-order valence-corrected chi connectivity index (χ3v) is 12.5. The van der Waals surface area contributed by atoms with Crippen molar-refractivity contribution in [3.8, 4) is 0 Å². The fourth-order valence-corrected chi connectivity index (χ4v) is 10.4. The molecule has 242 valence electrons. The largest absolute Gasteiger partial charge is 0.394 e. The van der Waals surface area contributed by atoms with E-state index in [0.29, 0.717) is 25.9 Å². The monoisotopic (exact) mass is 598 g/mol. The Kier molecular flexibility index (Phi) is 9.30. The maximum absolute atomic E-state index is 12.4. The van der Waals surface area contributed by atoms with Gasteiger partial charge in [-0.15, -0.1) is 0 Å². The second-order valence-corrected chi connectivity index (χ2v) is 15.0. The van der Waals surface area contributed by atoms with E-state index in [4.69, 9.17) is 9.47 Å². The summed E-state index contributed by atoms with van der Waals surface area (Å²) < 4.78 is 11.1. The van der Waals surface area contributed by atoms with Crippen molar-refractivity contribution in [3.05, 3.63) is 12.2 Å². The minimum atomic E-state index is -1.25. The Morgan fingerprint density at radius 2 is 1.60 bits per heavy atom. The number of rotatable bonds is 8. The highest BCUT2D eigenvalue weighted by molar-refractivity contribution is 5.21. The zero-order chi connectivity index (χ0) is 30.8. The lowest BCUT2D eigenvalue weighted by Gasteiger charge is -2.66. The minimum Gasteiger partial charge on any atom is -0.394 e. The summed E-state index contributed by atoms with van der Waals surface area (Å²) in [5.74, 6) is -0.649. The van der Waals surface area contributed by atoms with Crippen molar-refractivity contribution >= 4 is 0 Å². The van der Waals surface area contributed by atoms with Gasteiger partial charge in [0.25, 0.3) is 0 Å². The van der Waals surface area contributed by atoms with Crippen LogP contribution in [0.3, 0.4) is 0 Å². The molecule has 10 heteroatoms. The van der Waals surface area contributed by atoms with Gasteiger partial charge in [-0.1, -0.05) is 39.8 Å². The van der Waals surface area contributed by atoms with Gasteiger partial charge in [-0.2, -0.15) is 0 Å². The van der Waals surface area contributed by atoms with E-state index in [0.717, 1.165) is 19.3 Å². The van der Waals surface area contributed by atoms with E-state index < -0.39 is 72.6 Å². The Morgan fingerprint density at radius 1 is 0.905 bits per heavy atom. The van der Waals surface area contributed by atoms with Crippen LogP contribution in [0.25, 0.3) is 0 Å². The van der Waals surface area contributed by atoms with Gasteiger partial charge in [0.1, 0.15) is 18.3 Å². The van der Waals surface area contributed by atoms with Crippen LogP contribution in [0.2, 0.25) is 0 Å². The summed E-state index contributed by atoms with van der Waals surface area (Å²) in [6.45, 7) is 8.34. The summed E-state index contributed by atoms with van der Waals surface area (Å²) in [5, 5.41) is 85.7. The van der Waals surface area contributed by atoms with Crippen molar-refractivity contribution in [2.24, 2.45) is 46.3 Å². The molecule has 9 unspecified atom stereocenters. The second kappa shape index (κ2) is 11.9. The maximum Gasteiger partial charge on any atom is 0.186 e. The van der Waals surface area contributed by atoms with Crippen molar-refractivity contribution in [2.45, 2.75) is 127 Å². The molecule has 4 aliphatic carbocycles. The average molecular weight is 599 g/mol. The molecule has 0 amide bonds. The third-order valence-electron chi connectivity index (χ3n) is 12.5. The molecule has 1 heterocycles. The van der Waals surface area contributed by atoms with Crippen LogP contribution < -0.4 is 0 Å². The lowest BCUT2D eigenvalue weighted by atomic mass is 9.41. The van der Waals surface area contributed by atoms with Crippen LogP contribution in [0, 0.1) is 46.3 Å². The van der Waals surface area contributed by atoms with E-state index in [9.17, 15) is 40.9 Å². The fraction of sp³-hybridized carbons (Fsp3) is 0.938. The fourth-order valence-electron chi connectivity index (χ4n) is 10.4. The molecular weight excluding hydrogens is 544 g/mol. The first-order valence-electron chi connectivity index (χ1n) is 16.0. The zero-order valence-corrected chi connectivity index (χ0v) is 25.5. The molecule has 1 aliphatic heterocycles. The van der Waals surface area contributed by atoms with Crippen LogP contribution in [-0.2, 0) is 9.47 Å². The summed E-state index contributed by atoms with van der Waals surface area (Å²) >= 11 is 0. The standard InChI is InChI=1S/C32H54O10/c1-16(15-41-29-27(39)26(38)22(14-33)42-29)6-5-7-17(2)18-12-20(35)28-30(18,3)11-9-23-31(4)10-8-19(34)25(37)24(31)21(36)13-32(23,28)40/h5,7,16-29,33-40H,6,8-15H2,1-4H3/b7-5+/t16?,17?,18-,19+,20-,21+,22?,23?,24?,25+,26?,27?,28?,29?,30-,31-,32+/m1/s1. The molecule has 0 spiro atoms. The number of aliphatic hydroxyl groups is 8. The first-order valence-corrected chi connectivity index (χ1v) is 16.0. The summed E-state index contributed by atoms with van der Waals surface area (Å²) in [6, 6.07) is 0. The van der Waals surface area contributed by atoms with Crippen molar-refractivity contribution in [1.82, 2.24) is 0 Å². The zero-order valence-electron chi connectivity index (χ0n) is 25.5. The van der Waals surface area contributed by atoms with E-state index in [1.54, 1.807) is 0 Å². The van der Waals surface area contributed by atoms with Gasteiger partial charge >= 0.3 is 0 Å². The second-order valence-electron chi connectivity index (χ2n) is 15.0. The summed E-state index contributed by atoms with van der Waals surface area (Å²) in [5.41, 5.74) is -2.10. The van der Waals surface area contributed by atoms with Gasteiger partial charge < -0.3 is 50.3 Å². The molecular formula is C32H54O10. The predicted octanol–water partition coefficient (Wildman–Crippen LogP) is 0.708. The predicted molar refractivity (Wildman–Crippen MR) is 153 cm³/mol. The van der Waals surface area contributed by atoms with Crippen molar-refractivity contribution in [2.75, 3.05) is 13.2 Å². The highest BCUT2D eigenvalue weighted by Crippen LogP contribution is 2.69. The molecule has 4 saturated carbocycles. The minimum absolute atomic E-state index is 0.100. The van der Waals surface area contributed by atoms with E-state index in [2.05, 4.69) is 32.9 Å². The Hall–Kier alpha value is -0.660. The number of ether oxygens (including phenoxy) is 2. The molecule has 0 radical (unpaired) electrons. The number of fused-ring (bicyclic) bond motifs is 5. The Morgan fingerprint density at radius 3 is 2.26 bits per heavy atom. The van der Waals surface area contributed by atoms with Gasteiger partial charge in [-0.3, -0.25) is 0 Å². The van der Waals surface area contributed by atoms with Crippen molar-refractivity contribution in [3.63, 3.8) is 0 Å². The molecule has 0 aromatic rings. The smallest absolute Gasteiger partial charge is 0.186 e. The Labute approximate surface area is 249 Å². The van der Waals surface area contributed by atoms with Gasteiger partial charge in [0.05, 0.1) is 43.2 Å². The Balaban J connectivity index is 1.23. The van der Waals surface area contributed by atoms with E-state index in [-0.39, 0.29) is 41.4 Å². The van der Waals surface area contributed by atoms with Gasteiger partial charge in [0, 0.05) is 18.3 Å². The molecule has 0 aromatic heterocycles. The lowest BCUT2D eigenvalue weighted by Crippen LogP contribution is -2.70. The first kappa shape index (κ1) is 32.7. The summed E-state index contributed by atoms with van der Waals surface area (Å²) in [7, 11) is 0. The normalized spacial score (nSPS) is 53.9. The van der Waals surface area contributed by atoms with Crippen molar-refractivity contribution < 1.29 is 50.3 Å². The topological polar surface area (TPSA) is 180 Å². The van der Waals surface area contributed by atoms with Crippen LogP contribution in [0.1, 0.15) is 72.6 Å². The van der Waals surface area contributed by atoms with E-state index >= 15 is 0 Å². The van der Waals surface area contributed by atoms with Crippen LogP contribution in [0.15, 0.2) is 12.2 Å². The molecule has 17 atom stereocenters. The molecule has 1 saturated heterocycles. The van der Waals surface area contributed by atoms with Crippen molar-refractivity contribution in [1.29, 1.82) is 0 Å². The quantitative estimate of drug-likeness (QED) is 0.185. The number of aliphatic hydroxyl groups excluding tert-OH is 7. The summed E-state index contributed by atoms with van der Waals surface area (Å²) in [6.07, 6.45) is 0.593. The average Bonchev–Trinajstić information content (AvgIpc) is 3.36. The molecule has 0 aromatic carbocycles. The molecule has 8 N–H and O–H groups in total. The third kappa shape index (κ3) is 5.21. The highest BCUT2D eigenvalue weighted by atomic mass is 16.7. The molecule has 5 aliphatic rings. The molecule has 0 bridgehead atoms. The summed E-state index contributed by atoms with van der Waals surface area (Å²) in [4.78, 5) is 0. The van der Waals surface area contributed by atoms with Gasteiger partial charge in [-0.05, 0) is 73.0 Å². The lowest BCUT2D eigenvalue weighted by molar-refractivity contribution is -0.280.